The molecule has 0 spiro atoms. The van der Waals surface area contributed by atoms with Gasteiger partial charge in [0, 0.05) is 24.0 Å². The standard InChI is InChI=1S/C54H66O6/c1-29-19-33(27-35-21-31(3)25-41(47(35)55)53(11,12)13)43(39(23-29)51(5,6)7)45-37(49(57)58)17-18-38(50(59)60)46(45)44-34(20-30(2)24-40(44)52(8,9)10)28-36-22-32(4)26-42(48(36)56)54(14,15)16/h17-26,55-56H,27-28H2,1-16H3,(H,57,58)(H,59,60). The van der Waals surface area contributed by atoms with Crippen molar-refractivity contribution in [3.63, 3.8) is 0 Å². The number of aryl methyl sites for hydroxylation is 4. The van der Waals surface area contributed by atoms with Crippen molar-refractivity contribution in [2.45, 2.75) is 145 Å². The molecule has 0 atom stereocenters. The zero-order valence-electron chi connectivity index (χ0n) is 38.8. The minimum absolute atomic E-state index is 0.0192. The number of carboxylic acid groups (broad SMARTS) is 2. The molecule has 0 radical (unpaired) electrons. The Labute approximate surface area is 358 Å². The maximum Gasteiger partial charge on any atom is 0.336 e. The fourth-order valence-electron chi connectivity index (χ4n) is 8.78. The first kappa shape index (κ1) is 45.7. The highest BCUT2D eigenvalue weighted by Crippen LogP contribution is 2.50. The first-order valence-electron chi connectivity index (χ1n) is 21.0. The lowest BCUT2D eigenvalue weighted by atomic mass is 9.71. The number of benzene rings is 5. The summed E-state index contributed by atoms with van der Waals surface area (Å²) in [5.41, 5.74) is 10.4. The molecule has 0 saturated heterocycles. The number of aromatic carboxylic acids is 2. The third-order valence-electron chi connectivity index (χ3n) is 11.6. The fourth-order valence-corrected chi connectivity index (χ4v) is 8.78. The van der Waals surface area contributed by atoms with Gasteiger partial charge in [-0.3, -0.25) is 0 Å². The van der Waals surface area contributed by atoms with Gasteiger partial charge in [0.2, 0.25) is 0 Å². The summed E-state index contributed by atoms with van der Waals surface area (Å²) >= 11 is 0. The third kappa shape index (κ3) is 9.18. The number of carbonyl (C=O) groups is 2. The van der Waals surface area contributed by atoms with Crippen LogP contribution in [0.15, 0.2) is 60.7 Å². The Hall–Kier alpha value is -5.36. The molecule has 0 fully saturated rings. The molecule has 5 aromatic rings. The van der Waals surface area contributed by atoms with Crippen LogP contribution >= 0.6 is 0 Å². The van der Waals surface area contributed by atoms with Gasteiger partial charge in [-0.25, -0.2) is 9.59 Å². The summed E-state index contributed by atoms with van der Waals surface area (Å²) in [4.78, 5) is 27.4. The van der Waals surface area contributed by atoms with Crippen LogP contribution in [-0.2, 0) is 34.5 Å². The molecule has 0 aromatic heterocycles. The number of aromatic hydroxyl groups is 2. The first-order valence-corrected chi connectivity index (χ1v) is 21.0. The molecule has 0 aliphatic carbocycles. The fraction of sp³-hybridized carbons (Fsp3) is 0.407. The Bertz CT molecular complexity index is 2350. The molecule has 0 saturated carbocycles. The minimum Gasteiger partial charge on any atom is -0.507 e. The van der Waals surface area contributed by atoms with E-state index in [2.05, 4.69) is 95.2 Å². The number of carboxylic acids is 2. The smallest absolute Gasteiger partial charge is 0.336 e. The van der Waals surface area contributed by atoms with E-state index in [0.717, 1.165) is 55.6 Å². The van der Waals surface area contributed by atoms with Crippen LogP contribution in [0.3, 0.4) is 0 Å². The highest BCUT2D eigenvalue weighted by Gasteiger charge is 2.34. The average Bonchev–Trinajstić information content (AvgIpc) is 3.08. The molecular weight excluding hydrogens is 745 g/mol. The molecule has 318 valence electrons. The van der Waals surface area contributed by atoms with Crippen molar-refractivity contribution in [2.75, 3.05) is 0 Å². The number of rotatable bonds is 8. The van der Waals surface area contributed by atoms with Crippen molar-refractivity contribution in [3.8, 4) is 33.8 Å². The topological polar surface area (TPSA) is 115 Å². The minimum atomic E-state index is -1.18. The van der Waals surface area contributed by atoms with Crippen LogP contribution in [0.2, 0.25) is 0 Å². The molecule has 0 aliphatic heterocycles. The average molecular weight is 811 g/mol. The second-order valence-corrected chi connectivity index (χ2v) is 21.2. The van der Waals surface area contributed by atoms with E-state index in [1.165, 1.54) is 12.1 Å². The van der Waals surface area contributed by atoms with Crippen LogP contribution in [0.4, 0.5) is 0 Å². The predicted octanol–water partition coefficient (Wildman–Crippen LogP) is 13.4. The Morgan fingerprint density at radius 3 is 0.900 bits per heavy atom. The van der Waals surface area contributed by atoms with E-state index in [9.17, 15) is 30.0 Å². The van der Waals surface area contributed by atoms with Gasteiger partial charge in [-0.05, 0) is 117 Å². The van der Waals surface area contributed by atoms with Crippen LogP contribution in [0.1, 0.15) is 171 Å². The highest BCUT2D eigenvalue weighted by atomic mass is 16.4. The second kappa shape index (κ2) is 15.9. The molecule has 60 heavy (non-hydrogen) atoms. The highest BCUT2D eigenvalue weighted by molar-refractivity contribution is 6.10. The number of phenols is 2. The Morgan fingerprint density at radius 1 is 0.400 bits per heavy atom. The summed E-state index contributed by atoms with van der Waals surface area (Å²) in [5, 5.41) is 46.2. The summed E-state index contributed by atoms with van der Waals surface area (Å²) in [7, 11) is 0. The van der Waals surface area contributed by atoms with E-state index < -0.39 is 22.8 Å². The van der Waals surface area contributed by atoms with Crippen LogP contribution in [0.5, 0.6) is 11.5 Å². The third-order valence-corrected chi connectivity index (χ3v) is 11.6. The summed E-state index contributed by atoms with van der Waals surface area (Å²) in [6, 6.07) is 19.1. The first-order chi connectivity index (χ1) is 27.4. The van der Waals surface area contributed by atoms with Gasteiger partial charge >= 0.3 is 11.9 Å². The largest absolute Gasteiger partial charge is 0.507 e. The van der Waals surface area contributed by atoms with Crippen LogP contribution in [0, 0.1) is 27.7 Å². The van der Waals surface area contributed by atoms with Crippen molar-refractivity contribution >= 4 is 11.9 Å². The molecular formula is C54H66O6. The van der Waals surface area contributed by atoms with Crippen LogP contribution in [0.25, 0.3) is 22.3 Å². The van der Waals surface area contributed by atoms with Gasteiger partial charge in [0.1, 0.15) is 11.5 Å². The van der Waals surface area contributed by atoms with Crippen molar-refractivity contribution in [1.29, 1.82) is 0 Å². The summed E-state index contributed by atoms with van der Waals surface area (Å²) in [6.07, 6.45) is 0.540. The SMILES string of the molecule is Cc1cc(Cc2cc(C)cc(C(C)(C)C)c2-c2c(C(=O)O)ccc(C(=O)O)c2-c2c(Cc3cc(C)cc(C(C)(C)C)c3O)cc(C)cc2C(C)(C)C)c(O)c(C(C)(C)C)c1. The summed E-state index contributed by atoms with van der Waals surface area (Å²) in [5.74, 6) is -1.97. The van der Waals surface area contributed by atoms with Gasteiger partial charge in [0.15, 0.2) is 0 Å². The number of hydrogen-bond acceptors (Lipinski definition) is 4. The lowest BCUT2D eigenvalue weighted by Gasteiger charge is -2.32. The van der Waals surface area contributed by atoms with Gasteiger partial charge in [0.05, 0.1) is 11.1 Å². The van der Waals surface area contributed by atoms with Gasteiger partial charge < -0.3 is 20.4 Å². The molecule has 6 nitrogen and oxygen atoms in total. The van der Waals surface area contributed by atoms with E-state index in [1.54, 1.807) is 0 Å². The van der Waals surface area contributed by atoms with Crippen molar-refractivity contribution in [2.24, 2.45) is 0 Å². The maximum absolute atomic E-state index is 13.7. The Morgan fingerprint density at radius 2 is 0.650 bits per heavy atom. The molecule has 0 bridgehead atoms. The molecule has 0 aliphatic rings. The lowest BCUT2D eigenvalue weighted by Crippen LogP contribution is -2.19. The van der Waals surface area contributed by atoms with E-state index >= 15 is 0 Å². The van der Waals surface area contributed by atoms with Crippen molar-refractivity contribution < 1.29 is 30.0 Å². The molecule has 0 heterocycles. The normalized spacial score (nSPS) is 12.5. The van der Waals surface area contributed by atoms with E-state index in [4.69, 9.17) is 0 Å². The zero-order valence-corrected chi connectivity index (χ0v) is 38.8. The molecule has 0 amide bonds. The van der Waals surface area contributed by atoms with E-state index in [0.29, 0.717) is 33.4 Å². The summed E-state index contributed by atoms with van der Waals surface area (Å²) in [6.45, 7) is 33.0. The molecule has 5 aromatic carbocycles. The summed E-state index contributed by atoms with van der Waals surface area (Å²) < 4.78 is 0. The quantitative estimate of drug-likeness (QED) is 0.124. The lowest BCUT2D eigenvalue weighted by molar-refractivity contribution is 0.0682. The van der Waals surface area contributed by atoms with Crippen molar-refractivity contribution in [1.82, 2.24) is 0 Å². The molecule has 6 heteroatoms. The molecule has 5 rings (SSSR count). The van der Waals surface area contributed by atoms with Crippen molar-refractivity contribution in [3.05, 3.63) is 139 Å². The molecule has 0 unspecified atom stereocenters. The number of hydrogen-bond donors (Lipinski definition) is 4. The molecule has 4 N–H and O–H groups in total. The Kier molecular flexibility index (Phi) is 12.1. The second-order valence-electron chi connectivity index (χ2n) is 21.2. The maximum atomic E-state index is 13.7. The van der Waals surface area contributed by atoms with E-state index in [-0.39, 0.29) is 46.3 Å². The van der Waals surface area contributed by atoms with Crippen LogP contribution < -0.4 is 0 Å². The van der Waals surface area contributed by atoms with Gasteiger partial charge in [-0.1, -0.05) is 154 Å². The van der Waals surface area contributed by atoms with Gasteiger partial charge in [-0.15, -0.1) is 0 Å². The van der Waals surface area contributed by atoms with Crippen LogP contribution in [-0.4, -0.2) is 32.4 Å². The Balaban J connectivity index is 2.06. The number of phenolic OH excluding ortho intramolecular Hbond substituents is 2. The zero-order chi connectivity index (χ0) is 45.2. The van der Waals surface area contributed by atoms with Gasteiger partial charge in [-0.2, -0.15) is 0 Å². The monoisotopic (exact) mass is 810 g/mol. The predicted molar refractivity (Wildman–Crippen MR) is 247 cm³/mol. The van der Waals surface area contributed by atoms with E-state index in [1.807, 2.05) is 64.1 Å². The van der Waals surface area contributed by atoms with Gasteiger partial charge in [0.25, 0.3) is 0 Å².